The maximum Gasteiger partial charge on any atom is 0.315 e. The number of hydrogen-bond acceptors (Lipinski definition) is 2. The fourth-order valence-electron chi connectivity index (χ4n) is 2.98. The third-order valence-electron chi connectivity index (χ3n) is 4.72. The summed E-state index contributed by atoms with van der Waals surface area (Å²) in [4.78, 5) is 23.9. The predicted molar refractivity (Wildman–Crippen MR) is 117 cm³/mol. The van der Waals surface area contributed by atoms with Crippen molar-refractivity contribution in [2.75, 3.05) is 13.1 Å². The molecular weight excluding hydrogens is 364 g/mol. The van der Waals surface area contributed by atoms with E-state index >= 15 is 0 Å². The number of benzene rings is 2. The van der Waals surface area contributed by atoms with E-state index in [0.717, 1.165) is 30.4 Å². The maximum absolute atomic E-state index is 11.9. The molecule has 0 saturated carbocycles. The summed E-state index contributed by atoms with van der Waals surface area (Å²) in [5.41, 5.74) is 2.15. The SMILES string of the molecule is CC(NC(=O)NCCCCCNC(=O)NC(C)c1ccccc1)c1ccccc1. The molecule has 0 bridgehead atoms. The largest absolute Gasteiger partial charge is 0.338 e. The van der Waals surface area contributed by atoms with E-state index < -0.39 is 0 Å². The maximum atomic E-state index is 11.9. The number of nitrogens with one attached hydrogen (secondary N) is 4. The van der Waals surface area contributed by atoms with Crippen molar-refractivity contribution in [1.82, 2.24) is 21.3 Å². The molecule has 0 aliphatic heterocycles. The van der Waals surface area contributed by atoms with Crippen molar-refractivity contribution in [1.29, 1.82) is 0 Å². The summed E-state index contributed by atoms with van der Waals surface area (Å²) in [6.07, 6.45) is 2.68. The van der Waals surface area contributed by atoms with E-state index in [1.54, 1.807) is 0 Å². The molecule has 0 heterocycles. The van der Waals surface area contributed by atoms with Crippen LogP contribution in [0, 0.1) is 0 Å². The zero-order chi connectivity index (χ0) is 20.9. The third-order valence-corrected chi connectivity index (χ3v) is 4.72. The van der Waals surface area contributed by atoms with Crippen molar-refractivity contribution in [3.8, 4) is 0 Å². The van der Waals surface area contributed by atoms with Crippen LogP contribution in [0.15, 0.2) is 60.7 Å². The molecule has 2 rings (SSSR count). The van der Waals surface area contributed by atoms with Crippen LogP contribution in [0.3, 0.4) is 0 Å². The molecule has 2 atom stereocenters. The predicted octanol–water partition coefficient (Wildman–Crippen LogP) is 4.28. The van der Waals surface area contributed by atoms with Crippen molar-refractivity contribution >= 4 is 12.1 Å². The first-order chi connectivity index (χ1) is 14.1. The summed E-state index contributed by atoms with van der Waals surface area (Å²) in [7, 11) is 0. The van der Waals surface area contributed by atoms with Crippen LogP contribution in [-0.4, -0.2) is 25.2 Å². The van der Waals surface area contributed by atoms with E-state index in [1.807, 2.05) is 74.5 Å². The van der Waals surface area contributed by atoms with Crippen molar-refractivity contribution in [2.45, 2.75) is 45.2 Å². The second-order valence-electron chi connectivity index (χ2n) is 7.13. The van der Waals surface area contributed by atoms with Crippen molar-refractivity contribution in [3.63, 3.8) is 0 Å². The molecule has 2 unspecified atom stereocenters. The Kier molecular flexibility index (Phi) is 9.55. The van der Waals surface area contributed by atoms with Crippen LogP contribution in [0.1, 0.15) is 56.3 Å². The Bertz CT molecular complexity index is 674. The fourth-order valence-corrected chi connectivity index (χ4v) is 2.98. The summed E-state index contributed by atoms with van der Waals surface area (Å²) in [6.45, 7) is 5.16. The van der Waals surface area contributed by atoms with Crippen molar-refractivity contribution in [2.24, 2.45) is 0 Å². The second-order valence-corrected chi connectivity index (χ2v) is 7.13. The number of amides is 4. The van der Waals surface area contributed by atoms with E-state index in [9.17, 15) is 9.59 Å². The van der Waals surface area contributed by atoms with Gasteiger partial charge in [-0.15, -0.1) is 0 Å². The van der Waals surface area contributed by atoms with Crippen LogP contribution in [0.2, 0.25) is 0 Å². The highest BCUT2D eigenvalue weighted by Crippen LogP contribution is 2.11. The van der Waals surface area contributed by atoms with Crippen LogP contribution >= 0.6 is 0 Å². The highest BCUT2D eigenvalue weighted by atomic mass is 16.2. The lowest BCUT2D eigenvalue weighted by Gasteiger charge is -2.15. The summed E-state index contributed by atoms with van der Waals surface area (Å²) >= 11 is 0. The highest BCUT2D eigenvalue weighted by Gasteiger charge is 2.09. The molecule has 0 spiro atoms. The van der Waals surface area contributed by atoms with Gasteiger partial charge in [-0.25, -0.2) is 9.59 Å². The second kappa shape index (κ2) is 12.4. The minimum absolute atomic E-state index is 0.0304. The lowest BCUT2D eigenvalue weighted by molar-refractivity contribution is 0.237. The number of rotatable bonds is 10. The Labute approximate surface area is 173 Å². The fraction of sp³-hybridized carbons (Fsp3) is 0.391. The Morgan fingerprint density at radius 3 is 1.41 bits per heavy atom. The van der Waals surface area contributed by atoms with E-state index in [-0.39, 0.29) is 24.1 Å². The molecule has 6 heteroatoms. The zero-order valence-electron chi connectivity index (χ0n) is 17.3. The average Bonchev–Trinajstić information content (AvgIpc) is 2.74. The Balaban J connectivity index is 1.49. The van der Waals surface area contributed by atoms with Crippen LogP contribution < -0.4 is 21.3 Å². The minimum Gasteiger partial charge on any atom is -0.338 e. The molecule has 29 heavy (non-hydrogen) atoms. The van der Waals surface area contributed by atoms with Gasteiger partial charge in [0, 0.05) is 13.1 Å². The van der Waals surface area contributed by atoms with E-state index in [4.69, 9.17) is 0 Å². The lowest BCUT2D eigenvalue weighted by Crippen LogP contribution is -2.38. The van der Waals surface area contributed by atoms with Crippen molar-refractivity contribution in [3.05, 3.63) is 71.8 Å². The number of unbranched alkanes of at least 4 members (excludes halogenated alkanes) is 2. The summed E-state index contributed by atoms with van der Waals surface area (Å²) in [5.74, 6) is 0. The van der Waals surface area contributed by atoms with Gasteiger partial charge in [0.15, 0.2) is 0 Å². The Hall–Kier alpha value is -3.02. The molecule has 2 aromatic carbocycles. The third kappa shape index (κ3) is 8.68. The molecule has 156 valence electrons. The molecular formula is C23H32N4O2. The molecule has 4 N–H and O–H groups in total. The minimum atomic E-state index is -0.159. The van der Waals surface area contributed by atoms with Gasteiger partial charge < -0.3 is 21.3 Å². The first kappa shape index (κ1) is 22.3. The van der Waals surface area contributed by atoms with Crippen LogP contribution in [0.5, 0.6) is 0 Å². The summed E-state index contributed by atoms with van der Waals surface area (Å²) in [6, 6.07) is 19.4. The topological polar surface area (TPSA) is 82.3 Å². The number of carbonyl (C=O) groups excluding carboxylic acids is 2. The molecule has 0 saturated heterocycles. The van der Waals surface area contributed by atoms with Gasteiger partial charge in [-0.05, 0) is 44.2 Å². The molecule has 0 aliphatic carbocycles. The van der Waals surface area contributed by atoms with E-state index in [1.165, 1.54) is 0 Å². The van der Waals surface area contributed by atoms with Gasteiger partial charge in [-0.3, -0.25) is 0 Å². The van der Waals surface area contributed by atoms with Gasteiger partial charge in [-0.2, -0.15) is 0 Å². The molecule has 2 aromatic rings. The lowest BCUT2D eigenvalue weighted by atomic mass is 10.1. The number of hydrogen-bond donors (Lipinski definition) is 4. The standard InChI is InChI=1S/C23H32N4O2/c1-18(20-12-6-3-7-13-20)26-22(28)24-16-10-5-11-17-25-23(29)27-19(2)21-14-8-4-9-15-21/h3-4,6-9,12-15,18-19H,5,10-11,16-17H2,1-2H3,(H2,24,26,28)(H2,25,27,29). The normalized spacial score (nSPS) is 12.5. The number of urea groups is 2. The first-order valence-corrected chi connectivity index (χ1v) is 10.2. The average molecular weight is 397 g/mol. The van der Waals surface area contributed by atoms with Gasteiger partial charge in [0.05, 0.1) is 12.1 Å². The van der Waals surface area contributed by atoms with E-state index in [0.29, 0.717) is 13.1 Å². The quantitative estimate of drug-likeness (QED) is 0.452. The molecule has 0 aromatic heterocycles. The molecule has 0 radical (unpaired) electrons. The smallest absolute Gasteiger partial charge is 0.315 e. The van der Waals surface area contributed by atoms with Gasteiger partial charge in [0.2, 0.25) is 0 Å². The Morgan fingerprint density at radius 1 is 0.655 bits per heavy atom. The van der Waals surface area contributed by atoms with Crippen LogP contribution in [-0.2, 0) is 0 Å². The summed E-state index contributed by atoms with van der Waals surface area (Å²) in [5, 5.41) is 11.6. The summed E-state index contributed by atoms with van der Waals surface area (Å²) < 4.78 is 0. The van der Waals surface area contributed by atoms with Gasteiger partial charge in [-0.1, -0.05) is 60.7 Å². The van der Waals surface area contributed by atoms with Gasteiger partial charge in [0.25, 0.3) is 0 Å². The highest BCUT2D eigenvalue weighted by molar-refractivity contribution is 5.74. The van der Waals surface area contributed by atoms with Gasteiger partial charge in [0.1, 0.15) is 0 Å². The molecule has 0 aliphatic rings. The number of carbonyl (C=O) groups is 2. The van der Waals surface area contributed by atoms with Gasteiger partial charge >= 0.3 is 12.1 Å². The Morgan fingerprint density at radius 2 is 1.03 bits per heavy atom. The van der Waals surface area contributed by atoms with E-state index in [2.05, 4.69) is 21.3 Å². The van der Waals surface area contributed by atoms with Crippen molar-refractivity contribution < 1.29 is 9.59 Å². The first-order valence-electron chi connectivity index (χ1n) is 10.2. The van der Waals surface area contributed by atoms with Crippen LogP contribution in [0.25, 0.3) is 0 Å². The van der Waals surface area contributed by atoms with Crippen LogP contribution in [0.4, 0.5) is 9.59 Å². The molecule has 4 amide bonds. The zero-order valence-corrected chi connectivity index (χ0v) is 17.3. The molecule has 0 fully saturated rings. The molecule has 6 nitrogen and oxygen atoms in total. The monoisotopic (exact) mass is 396 g/mol.